The number of aromatic nitrogens is 2. The molecule has 2 aliphatic heterocycles. The number of pyridine rings is 2. The molecule has 1 fully saturated rings. The fraction of sp³-hybridized carbons (Fsp3) is 0.429. The van der Waals surface area contributed by atoms with Crippen molar-refractivity contribution in [1.82, 2.24) is 20.6 Å². The van der Waals surface area contributed by atoms with Crippen molar-refractivity contribution in [2.75, 3.05) is 26.3 Å². The van der Waals surface area contributed by atoms with Gasteiger partial charge < -0.3 is 20.1 Å². The molecule has 2 aromatic heterocycles. The number of nitrogens with one attached hydrogen (secondary N) is 2. The van der Waals surface area contributed by atoms with Gasteiger partial charge in [-0.3, -0.25) is 9.97 Å². The van der Waals surface area contributed by atoms with Crippen LogP contribution in [-0.2, 0) is 0 Å². The maximum atomic E-state index is 6.02. The van der Waals surface area contributed by atoms with Crippen molar-refractivity contribution in [2.45, 2.75) is 25.9 Å². The zero-order chi connectivity index (χ0) is 18.6. The predicted molar refractivity (Wildman–Crippen MR) is 104 cm³/mol. The number of ether oxygens (including phenoxy) is 2. The molecule has 1 saturated heterocycles. The molecule has 0 spiro atoms. The molecule has 0 saturated carbocycles. The van der Waals surface area contributed by atoms with E-state index in [4.69, 9.17) is 9.47 Å². The van der Waals surface area contributed by atoms with Gasteiger partial charge in [0.2, 0.25) is 0 Å². The summed E-state index contributed by atoms with van der Waals surface area (Å²) in [6.07, 6.45) is 5.87. The molecule has 2 aliphatic rings. The van der Waals surface area contributed by atoms with Crippen molar-refractivity contribution < 1.29 is 9.47 Å². The van der Waals surface area contributed by atoms with E-state index in [1.165, 1.54) is 5.57 Å². The van der Waals surface area contributed by atoms with Gasteiger partial charge in [0.15, 0.2) is 0 Å². The normalized spacial score (nSPS) is 24.2. The Bertz CT molecular complexity index is 806. The molecule has 0 radical (unpaired) electrons. The molecule has 0 amide bonds. The monoisotopic (exact) mass is 366 g/mol. The molecule has 3 unspecified atom stereocenters. The minimum Gasteiger partial charge on any atom is -0.490 e. The summed E-state index contributed by atoms with van der Waals surface area (Å²) in [6, 6.07) is 8.37. The third-order valence-electron chi connectivity index (χ3n) is 5.30. The summed E-state index contributed by atoms with van der Waals surface area (Å²) in [4.78, 5) is 8.57. The fourth-order valence-corrected chi connectivity index (χ4v) is 3.59. The van der Waals surface area contributed by atoms with Crippen LogP contribution in [0, 0.1) is 19.8 Å². The highest BCUT2D eigenvalue weighted by molar-refractivity contribution is 5.29. The van der Waals surface area contributed by atoms with E-state index in [1.54, 1.807) is 12.4 Å². The zero-order valence-electron chi connectivity index (χ0n) is 15.8. The lowest BCUT2D eigenvalue weighted by atomic mass is 9.82. The summed E-state index contributed by atoms with van der Waals surface area (Å²) < 4.78 is 11.9. The third kappa shape index (κ3) is 4.12. The highest BCUT2D eigenvalue weighted by Gasteiger charge is 2.38. The van der Waals surface area contributed by atoms with Crippen LogP contribution in [0.2, 0.25) is 0 Å². The van der Waals surface area contributed by atoms with Gasteiger partial charge in [-0.1, -0.05) is 6.08 Å². The van der Waals surface area contributed by atoms with Crippen molar-refractivity contribution in [3.63, 3.8) is 0 Å². The Morgan fingerprint density at radius 1 is 1.07 bits per heavy atom. The highest BCUT2D eigenvalue weighted by atomic mass is 16.5. The first-order chi connectivity index (χ1) is 13.2. The van der Waals surface area contributed by atoms with Crippen LogP contribution in [0.3, 0.4) is 0 Å². The molecule has 6 nitrogen and oxygen atoms in total. The molecule has 6 heteroatoms. The van der Waals surface area contributed by atoms with E-state index in [0.717, 1.165) is 36.0 Å². The quantitative estimate of drug-likeness (QED) is 0.731. The first kappa shape index (κ1) is 17.9. The van der Waals surface area contributed by atoms with Gasteiger partial charge in [-0.05, 0) is 43.7 Å². The molecule has 2 aromatic rings. The van der Waals surface area contributed by atoms with E-state index >= 15 is 0 Å². The van der Waals surface area contributed by atoms with Crippen molar-refractivity contribution in [3.8, 4) is 11.5 Å². The van der Waals surface area contributed by atoms with E-state index in [-0.39, 0.29) is 6.04 Å². The van der Waals surface area contributed by atoms with Crippen molar-refractivity contribution in [2.24, 2.45) is 5.92 Å². The number of nitrogens with zero attached hydrogens (tertiary/aromatic N) is 2. The molecule has 4 heterocycles. The first-order valence-corrected chi connectivity index (χ1v) is 9.47. The molecule has 3 atom stereocenters. The van der Waals surface area contributed by atoms with Crippen LogP contribution in [0.1, 0.15) is 11.4 Å². The molecule has 2 N–H and O–H groups in total. The minimum atomic E-state index is 0.236. The maximum absolute atomic E-state index is 6.02. The second kappa shape index (κ2) is 8.06. The summed E-state index contributed by atoms with van der Waals surface area (Å²) in [6.45, 7) is 7.07. The maximum Gasteiger partial charge on any atom is 0.140 e. The van der Waals surface area contributed by atoms with Gasteiger partial charge in [-0.25, -0.2) is 0 Å². The predicted octanol–water partition coefficient (Wildman–Crippen LogP) is 2.04. The SMILES string of the molecule is Cc1ccc(OCC2NCC2C2=CCNC2COc2cccnc2C)cn1. The van der Waals surface area contributed by atoms with Crippen LogP contribution in [-0.4, -0.2) is 48.4 Å². The van der Waals surface area contributed by atoms with Crippen LogP contribution in [0.15, 0.2) is 48.3 Å². The molecule has 0 aromatic carbocycles. The molecule has 0 aliphatic carbocycles. The molecule has 27 heavy (non-hydrogen) atoms. The summed E-state index contributed by atoms with van der Waals surface area (Å²) >= 11 is 0. The van der Waals surface area contributed by atoms with Crippen LogP contribution >= 0.6 is 0 Å². The number of aryl methyl sites for hydroxylation is 2. The average Bonchev–Trinajstić information content (AvgIpc) is 3.10. The lowest BCUT2D eigenvalue weighted by Gasteiger charge is -2.40. The number of hydrogen-bond acceptors (Lipinski definition) is 6. The summed E-state index contributed by atoms with van der Waals surface area (Å²) in [5.74, 6) is 2.14. The standard InChI is InChI=1S/C21H26N4O2/c1-14-5-6-16(10-24-14)26-12-20-18(11-25-20)17-7-9-23-19(17)13-27-21-4-3-8-22-15(21)2/h3-8,10,18-20,23,25H,9,11-13H2,1-2H3. The van der Waals surface area contributed by atoms with Gasteiger partial charge in [0, 0.05) is 36.9 Å². The zero-order valence-corrected chi connectivity index (χ0v) is 15.8. The third-order valence-corrected chi connectivity index (χ3v) is 5.30. The van der Waals surface area contributed by atoms with Crippen LogP contribution in [0.25, 0.3) is 0 Å². The van der Waals surface area contributed by atoms with E-state index in [0.29, 0.717) is 25.2 Å². The second-order valence-electron chi connectivity index (χ2n) is 7.13. The van der Waals surface area contributed by atoms with Crippen molar-refractivity contribution >= 4 is 0 Å². The van der Waals surface area contributed by atoms with Crippen molar-refractivity contribution in [3.05, 3.63) is 59.7 Å². The van der Waals surface area contributed by atoms with E-state index in [1.807, 2.05) is 38.1 Å². The van der Waals surface area contributed by atoms with Gasteiger partial charge in [0.25, 0.3) is 0 Å². The van der Waals surface area contributed by atoms with Gasteiger partial charge in [0.1, 0.15) is 24.7 Å². The summed E-state index contributed by atoms with van der Waals surface area (Å²) in [5, 5.41) is 7.02. The Labute approximate surface area is 160 Å². The lowest BCUT2D eigenvalue weighted by molar-refractivity contribution is 0.161. The number of hydrogen-bond donors (Lipinski definition) is 2. The second-order valence-corrected chi connectivity index (χ2v) is 7.13. The first-order valence-electron chi connectivity index (χ1n) is 9.47. The lowest BCUT2D eigenvalue weighted by Crippen LogP contribution is -2.58. The van der Waals surface area contributed by atoms with Crippen molar-refractivity contribution in [1.29, 1.82) is 0 Å². The smallest absolute Gasteiger partial charge is 0.140 e. The summed E-state index contributed by atoms with van der Waals surface area (Å²) in [5.41, 5.74) is 3.34. The fourth-order valence-electron chi connectivity index (χ4n) is 3.59. The number of rotatable bonds is 7. The Balaban J connectivity index is 1.31. The van der Waals surface area contributed by atoms with Crippen LogP contribution < -0.4 is 20.1 Å². The van der Waals surface area contributed by atoms with Gasteiger partial charge in [-0.15, -0.1) is 0 Å². The van der Waals surface area contributed by atoms with E-state index in [2.05, 4.69) is 26.7 Å². The highest BCUT2D eigenvalue weighted by Crippen LogP contribution is 2.28. The summed E-state index contributed by atoms with van der Waals surface area (Å²) in [7, 11) is 0. The average molecular weight is 366 g/mol. The van der Waals surface area contributed by atoms with Crippen LogP contribution in [0.5, 0.6) is 11.5 Å². The van der Waals surface area contributed by atoms with E-state index < -0.39 is 0 Å². The molecule has 4 rings (SSSR count). The molecule has 0 bridgehead atoms. The van der Waals surface area contributed by atoms with E-state index in [9.17, 15) is 0 Å². The van der Waals surface area contributed by atoms with Crippen LogP contribution in [0.4, 0.5) is 0 Å². The Morgan fingerprint density at radius 2 is 2.00 bits per heavy atom. The Kier molecular flexibility index (Phi) is 5.36. The van der Waals surface area contributed by atoms with Gasteiger partial charge in [-0.2, -0.15) is 0 Å². The molecular formula is C21H26N4O2. The molecular weight excluding hydrogens is 340 g/mol. The minimum absolute atomic E-state index is 0.236. The Morgan fingerprint density at radius 3 is 2.74 bits per heavy atom. The van der Waals surface area contributed by atoms with Gasteiger partial charge >= 0.3 is 0 Å². The Hall–Kier alpha value is -2.44. The molecule has 142 valence electrons. The van der Waals surface area contributed by atoms with Gasteiger partial charge in [0.05, 0.1) is 17.9 Å². The largest absolute Gasteiger partial charge is 0.490 e. The topological polar surface area (TPSA) is 68.3 Å².